The van der Waals surface area contributed by atoms with Crippen LogP contribution in [0.1, 0.15) is 18.1 Å². The maximum absolute atomic E-state index is 13.3. The van der Waals surface area contributed by atoms with Crippen molar-refractivity contribution in [3.8, 4) is 0 Å². The highest BCUT2D eigenvalue weighted by Gasteiger charge is 2.37. The number of rotatable bonds is 4. The number of nitrogens with one attached hydrogen (secondary N) is 1. The highest BCUT2D eigenvalue weighted by atomic mass is 35.5. The van der Waals surface area contributed by atoms with Gasteiger partial charge in [-0.05, 0) is 42.7 Å². The summed E-state index contributed by atoms with van der Waals surface area (Å²) in [5, 5.41) is 2.52. The first-order valence-corrected chi connectivity index (χ1v) is 10.1. The van der Waals surface area contributed by atoms with Gasteiger partial charge in [0.1, 0.15) is 11.9 Å². The number of sulfonamides is 1. The lowest BCUT2D eigenvalue weighted by molar-refractivity contribution is -0.120. The van der Waals surface area contributed by atoms with Crippen LogP contribution in [-0.2, 0) is 27.8 Å². The van der Waals surface area contributed by atoms with Crippen molar-refractivity contribution >= 4 is 33.2 Å². The second kappa shape index (κ2) is 7.34. The van der Waals surface area contributed by atoms with Crippen molar-refractivity contribution in [1.82, 2.24) is 4.31 Å². The van der Waals surface area contributed by atoms with Crippen molar-refractivity contribution in [1.29, 1.82) is 0 Å². The van der Waals surface area contributed by atoms with Crippen molar-refractivity contribution in [3.05, 3.63) is 64.4 Å². The normalized spacial score (nSPS) is 17.6. The molecule has 3 rings (SSSR count). The van der Waals surface area contributed by atoms with Gasteiger partial charge in [0, 0.05) is 12.2 Å². The molecule has 2 aromatic rings. The summed E-state index contributed by atoms with van der Waals surface area (Å²) in [6.45, 7) is 1.69. The number of anilines is 1. The average molecular weight is 397 g/mol. The molecule has 8 heteroatoms. The predicted octanol–water partition coefficient (Wildman–Crippen LogP) is 3.19. The van der Waals surface area contributed by atoms with Gasteiger partial charge in [-0.25, -0.2) is 12.8 Å². The summed E-state index contributed by atoms with van der Waals surface area (Å²) in [5.41, 5.74) is 2.14. The van der Waals surface area contributed by atoms with E-state index in [-0.39, 0.29) is 23.7 Å². The van der Waals surface area contributed by atoms with E-state index in [9.17, 15) is 17.6 Å². The van der Waals surface area contributed by atoms with Gasteiger partial charge in [0.05, 0.1) is 10.8 Å². The number of hydrogen-bond acceptors (Lipinski definition) is 3. The lowest BCUT2D eigenvalue weighted by Crippen LogP contribution is -2.51. The molecule has 2 aromatic carbocycles. The summed E-state index contributed by atoms with van der Waals surface area (Å²) < 4.78 is 39.5. The lowest BCUT2D eigenvalue weighted by atomic mass is 9.95. The zero-order valence-corrected chi connectivity index (χ0v) is 15.6. The maximum atomic E-state index is 13.3. The molecule has 1 aliphatic heterocycles. The van der Waals surface area contributed by atoms with Gasteiger partial charge in [-0.2, -0.15) is 4.31 Å². The molecule has 5 nitrogen and oxygen atoms in total. The molecule has 0 bridgehead atoms. The molecule has 1 N–H and O–H groups in total. The molecule has 0 saturated heterocycles. The highest BCUT2D eigenvalue weighted by molar-refractivity contribution is 7.89. The third-order valence-corrected chi connectivity index (χ3v) is 6.53. The fourth-order valence-corrected chi connectivity index (χ4v) is 4.39. The fraction of sp³-hybridized carbons (Fsp3) is 0.278. The number of amides is 1. The minimum absolute atomic E-state index is 0.0959. The van der Waals surface area contributed by atoms with Crippen LogP contribution < -0.4 is 5.32 Å². The topological polar surface area (TPSA) is 66.5 Å². The van der Waals surface area contributed by atoms with Crippen LogP contribution in [0.4, 0.5) is 10.1 Å². The zero-order chi connectivity index (χ0) is 18.9. The monoisotopic (exact) mass is 396 g/mol. The Morgan fingerprint density at radius 2 is 1.96 bits per heavy atom. The maximum Gasteiger partial charge on any atom is 0.243 e. The smallest absolute Gasteiger partial charge is 0.243 e. The summed E-state index contributed by atoms with van der Waals surface area (Å²) >= 11 is 5.74. The Kier molecular flexibility index (Phi) is 5.32. The minimum atomic E-state index is -3.58. The highest BCUT2D eigenvalue weighted by Crippen LogP contribution is 2.27. The second-order valence-corrected chi connectivity index (χ2v) is 8.67. The Labute approximate surface area is 156 Å². The number of carbonyl (C=O) groups excluding carboxylic acids is 1. The number of carbonyl (C=O) groups is 1. The van der Waals surface area contributed by atoms with Crippen LogP contribution in [0.25, 0.3) is 0 Å². The van der Waals surface area contributed by atoms with E-state index in [1.54, 1.807) is 6.92 Å². The van der Waals surface area contributed by atoms with Crippen molar-refractivity contribution in [3.63, 3.8) is 0 Å². The SMILES string of the molecule is CCS(=O)(=O)N1Cc2ccccc2CC1C(=O)Nc1ccc(F)c(Cl)c1. The van der Waals surface area contributed by atoms with Crippen molar-refractivity contribution < 1.29 is 17.6 Å². The van der Waals surface area contributed by atoms with Crippen LogP contribution in [0.15, 0.2) is 42.5 Å². The first-order chi connectivity index (χ1) is 12.3. The summed E-state index contributed by atoms with van der Waals surface area (Å²) in [4.78, 5) is 12.8. The first-order valence-electron chi connectivity index (χ1n) is 8.14. The molecule has 0 radical (unpaired) electrons. The number of benzene rings is 2. The molecule has 1 amide bonds. The number of hydrogen-bond donors (Lipinski definition) is 1. The standard InChI is InChI=1S/C18H18ClFN2O3S/c1-2-26(24,25)22-11-13-6-4-3-5-12(13)9-17(22)18(23)21-14-7-8-16(20)15(19)10-14/h3-8,10,17H,2,9,11H2,1H3,(H,21,23). The van der Waals surface area contributed by atoms with Gasteiger partial charge in [0.2, 0.25) is 15.9 Å². The third-order valence-electron chi connectivity index (χ3n) is 4.42. The van der Waals surface area contributed by atoms with Crippen LogP contribution in [0.3, 0.4) is 0 Å². The fourth-order valence-electron chi connectivity index (χ4n) is 2.98. The summed E-state index contributed by atoms with van der Waals surface area (Å²) in [6, 6.07) is 10.4. The molecular weight excluding hydrogens is 379 g/mol. The summed E-state index contributed by atoms with van der Waals surface area (Å²) in [6.07, 6.45) is 0.274. The molecule has 0 saturated carbocycles. The molecule has 138 valence electrons. The van der Waals surface area contributed by atoms with Gasteiger partial charge < -0.3 is 5.32 Å². The molecule has 26 heavy (non-hydrogen) atoms. The van der Waals surface area contributed by atoms with Gasteiger partial charge in [-0.1, -0.05) is 35.9 Å². The molecule has 0 spiro atoms. The zero-order valence-electron chi connectivity index (χ0n) is 14.1. The average Bonchev–Trinajstić information content (AvgIpc) is 2.63. The van der Waals surface area contributed by atoms with Crippen molar-refractivity contribution in [2.75, 3.05) is 11.1 Å². The van der Waals surface area contributed by atoms with E-state index in [1.807, 2.05) is 24.3 Å². The minimum Gasteiger partial charge on any atom is -0.325 e. The van der Waals surface area contributed by atoms with E-state index >= 15 is 0 Å². The molecule has 1 aliphatic rings. The van der Waals surface area contributed by atoms with E-state index < -0.39 is 27.8 Å². The van der Waals surface area contributed by atoms with Crippen molar-refractivity contribution in [2.24, 2.45) is 0 Å². The van der Waals surface area contributed by atoms with Gasteiger partial charge in [-0.15, -0.1) is 0 Å². The summed E-state index contributed by atoms with van der Waals surface area (Å²) in [7, 11) is -3.58. The number of halogens is 2. The van der Waals surface area contributed by atoms with E-state index in [0.717, 1.165) is 17.2 Å². The van der Waals surface area contributed by atoms with Gasteiger partial charge in [0.25, 0.3) is 0 Å². The second-order valence-electron chi connectivity index (χ2n) is 6.05. The number of fused-ring (bicyclic) bond motifs is 1. The molecule has 1 atom stereocenters. The quantitative estimate of drug-likeness (QED) is 0.863. The Balaban J connectivity index is 1.91. The van der Waals surface area contributed by atoms with Crippen LogP contribution in [0, 0.1) is 5.82 Å². The van der Waals surface area contributed by atoms with Crippen LogP contribution in [0.5, 0.6) is 0 Å². The Bertz CT molecular complexity index is 949. The van der Waals surface area contributed by atoms with E-state index in [2.05, 4.69) is 5.32 Å². The summed E-state index contributed by atoms with van der Waals surface area (Å²) in [5.74, 6) is -1.16. The Morgan fingerprint density at radius 1 is 1.27 bits per heavy atom. The largest absolute Gasteiger partial charge is 0.325 e. The van der Waals surface area contributed by atoms with Crippen LogP contribution in [-0.4, -0.2) is 30.4 Å². The van der Waals surface area contributed by atoms with Crippen LogP contribution in [0.2, 0.25) is 5.02 Å². The van der Waals surface area contributed by atoms with Gasteiger partial charge >= 0.3 is 0 Å². The molecule has 0 aromatic heterocycles. The van der Waals surface area contributed by atoms with Crippen molar-refractivity contribution in [2.45, 2.75) is 25.9 Å². The third kappa shape index (κ3) is 3.75. The molecule has 0 fully saturated rings. The van der Waals surface area contributed by atoms with E-state index in [1.165, 1.54) is 16.4 Å². The lowest BCUT2D eigenvalue weighted by Gasteiger charge is -2.34. The Morgan fingerprint density at radius 3 is 2.62 bits per heavy atom. The van der Waals surface area contributed by atoms with E-state index in [0.29, 0.717) is 5.69 Å². The number of nitrogens with zero attached hydrogens (tertiary/aromatic N) is 1. The van der Waals surface area contributed by atoms with E-state index in [4.69, 9.17) is 11.6 Å². The van der Waals surface area contributed by atoms with Crippen LogP contribution >= 0.6 is 11.6 Å². The Hall–Kier alpha value is -1.96. The molecule has 1 heterocycles. The molecule has 1 unspecified atom stereocenters. The molecular formula is C18H18ClFN2O3S. The first kappa shape index (κ1) is 18.8. The van der Waals surface area contributed by atoms with Gasteiger partial charge in [-0.3, -0.25) is 4.79 Å². The predicted molar refractivity (Wildman–Crippen MR) is 99.0 cm³/mol. The molecule has 0 aliphatic carbocycles. The van der Waals surface area contributed by atoms with Gasteiger partial charge in [0.15, 0.2) is 0 Å².